The molecule has 0 saturated carbocycles. The molecule has 1 aliphatic carbocycles. The first-order valence-corrected chi connectivity index (χ1v) is 18.8. The van der Waals surface area contributed by atoms with Crippen LogP contribution in [0.1, 0.15) is 11.1 Å². The molecule has 1 aliphatic rings. The first-order valence-electron chi connectivity index (χ1n) is 18.8. The summed E-state index contributed by atoms with van der Waals surface area (Å²) < 4.78 is 0. The third-order valence-corrected chi connectivity index (χ3v) is 11.1. The van der Waals surface area contributed by atoms with E-state index in [-0.39, 0.29) is 0 Å². The molecular formula is C52H33N3. The predicted molar refractivity (Wildman–Crippen MR) is 228 cm³/mol. The second kappa shape index (κ2) is 12.7. The maximum atomic E-state index is 5.18. The van der Waals surface area contributed by atoms with Crippen LogP contribution in [0.5, 0.6) is 0 Å². The van der Waals surface area contributed by atoms with E-state index in [1.165, 1.54) is 65.7 Å². The Morgan fingerprint density at radius 3 is 1.36 bits per heavy atom. The molecule has 0 aliphatic heterocycles. The first-order chi connectivity index (χ1) is 27.2. The highest BCUT2D eigenvalue weighted by Gasteiger charge is 2.25. The molecule has 1 heterocycles. The van der Waals surface area contributed by atoms with Gasteiger partial charge in [0.05, 0.1) is 0 Å². The van der Waals surface area contributed by atoms with Gasteiger partial charge in [-0.3, -0.25) is 0 Å². The second-order valence-corrected chi connectivity index (χ2v) is 14.4. The van der Waals surface area contributed by atoms with E-state index in [4.69, 9.17) is 15.0 Å². The minimum atomic E-state index is 0.662. The maximum absolute atomic E-state index is 5.18. The highest BCUT2D eigenvalue weighted by Crippen LogP contribution is 2.45. The van der Waals surface area contributed by atoms with E-state index in [1.807, 2.05) is 36.4 Å². The average molecular weight is 700 g/mol. The Balaban J connectivity index is 1.05. The minimum Gasteiger partial charge on any atom is -0.208 e. The van der Waals surface area contributed by atoms with Gasteiger partial charge in [0.1, 0.15) is 0 Å². The molecule has 0 atom stereocenters. The van der Waals surface area contributed by atoms with Crippen molar-refractivity contribution in [2.24, 2.45) is 0 Å². The van der Waals surface area contributed by atoms with Gasteiger partial charge in [0.15, 0.2) is 17.5 Å². The van der Waals surface area contributed by atoms with Crippen molar-refractivity contribution >= 4 is 32.3 Å². The molecule has 0 bridgehead atoms. The fourth-order valence-corrected chi connectivity index (χ4v) is 8.50. The topological polar surface area (TPSA) is 38.7 Å². The van der Waals surface area contributed by atoms with Crippen molar-refractivity contribution in [3.8, 4) is 67.5 Å². The average Bonchev–Trinajstić information content (AvgIpc) is 3.65. The molecule has 0 saturated heterocycles. The number of rotatable bonds is 5. The third kappa shape index (κ3) is 5.32. The van der Waals surface area contributed by atoms with Gasteiger partial charge in [-0.2, -0.15) is 0 Å². The third-order valence-electron chi connectivity index (χ3n) is 11.1. The zero-order valence-electron chi connectivity index (χ0n) is 29.9. The summed E-state index contributed by atoms with van der Waals surface area (Å²) in [4.78, 5) is 15.3. The van der Waals surface area contributed by atoms with Crippen molar-refractivity contribution in [2.75, 3.05) is 0 Å². The molecule has 0 radical (unpaired) electrons. The number of aromatic nitrogens is 3. The van der Waals surface area contributed by atoms with Gasteiger partial charge in [-0.15, -0.1) is 0 Å². The standard InChI is InChI=1S/C52H33N3/c1-3-13-35(14-4-1)50-53-51(36-15-5-2-6-16-36)55-52(54-50)48-32-39(30-40-29-38-17-7-8-18-41(38)49(40)48)34-25-23-33(24-26-34)37-27-28-46-44-21-10-9-19-42(44)43-20-11-12-22-45(43)47(46)31-37/h1-28,30-32H,29H2. The van der Waals surface area contributed by atoms with Gasteiger partial charge in [0.2, 0.25) is 0 Å². The highest BCUT2D eigenvalue weighted by atomic mass is 15.0. The Hall–Kier alpha value is -7.23. The van der Waals surface area contributed by atoms with Crippen molar-refractivity contribution in [3.63, 3.8) is 0 Å². The lowest BCUT2D eigenvalue weighted by molar-refractivity contribution is 1.07. The molecule has 0 unspecified atom stereocenters. The summed E-state index contributed by atoms with van der Waals surface area (Å²) in [5.74, 6) is 2.00. The molecule has 1 aromatic heterocycles. The van der Waals surface area contributed by atoms with E-state index >= 15 is 0 Å². The SMILES string of the molecule is c1ccc(-c2nc(-c3ccccc3)nc(-c3cc(-c4ccc(-c5ccc6c7ccccc7c7ccccc7c6c5)cc4)cc4c3-c3ccccc3C4)n2)cc1. The van der Waals surface area contributed by atoms with Crippen LogP contribution < -0.4 is 0 Å². The molecule has 0 spiro atoms. The molecule has 0 fully saturated rings. The summed E-state index contributed by atoms with van der Waals surface area (Å²) in [6.45, 7) is 0. The van der Waals surface area contributed by atoms with E-state index in [2.05, 4.69) is 152 Å². The summed E-state index contributed by atoms with van der Waals surface area (Å²) in [5.41, 5.74) is 12.7. The number of benzene rings is 9. The number of nitrogens with zero attached hydrogens (tertiary/aromatic N) is 3. The van der Waals surface area contributed by atoms with Crippen molar-refractivity contribution in [1.29, 1.82) is 0 Å². The van der Waals surface area contributed by atoms with E-state index in [0.29, 0.717) is 17.5 Å². The quantitative estimate of drug-likeness (QED) is 0.168. The zero-order valence-corrected chi connectivity index (χ0v) is 29.9. The predicted octanol–water partition coefficient (Wildman–Crippen LogP) is 13.2. The Bertz CT molecular complexity index is 3000. The first kappa shape index (κ1) is 31.3. The number of hydrogen-bond acceptors (Lipinski definition) is 3. The lowest BCUT2D eigenvalue weighted by Gasteiger charge is -2.15. The van der Waals surface area contributed by atoms with Gasteiger partial charge in [0.25, 0.3) is 0 Å². The summed E-state index contributed by atoms with van der Waals surface area (Å²) in [5, 5.41) is 7.72. The molecule has 0 N–H and O–H groups in total. The molecule has 9 aromatic carbocycles. The van der Waals surface area contributed by atoms with Crippen molar-refractivity contribution < 1.29 is 0 Å². The monoisotopic (exact) mass is 699 g/mol. The number of hydrogen-bond donors (Lipinski definition) is 0. The van der Waals surface area contributed by atoms with Crippen LogP contribution in [0, 0.1) is 0 Å². The van der Waals surface area contributed by atoms with Crippen LogP contribution in [-0.2, 0) is 6.42 Å². The lowest BCUT2D eigenvalue weighted by Crippen LogP contribution is -2.01. The van der Waals surface area contributed by atoms with E-state index in [0.717, 1.165) is 34.2 Å². The van der Waals surface area contributed by atoms with Gasteiger partial charge < -0.3 is 0 Å². The number of fused-ring (bicyclic) bond motifs is 9. The van der Waals surface area contributed by atoms with E-state index in [1.54, 1.807) is 0 Å². The van der Waals surface area contributed by atoms with Crippen molar-refractivity contribution in [1.82, 2.24) is 15.0 Å². The Morgan fingerprint density at radius 2 is 0.745 bits per heavy atom. The Kier molecular flexibility index (Phi) is 7.24. The molecule has 0 amide bonds. The van der Waals surface area contributed by atoms with Crippen LogP contribution in [0.2, 0.25) is 0 Å². The Morgan fingerprint density at radius 1 is 0.273 bits per heavy atom. The largest absolute Gasteiger partial charge is 0.208 e. The van der Waals surface area contributed by atoms with Crippen LogP contribution in [0.25, 0.3) is 99.9 Å². The molecule has 11 rings (SSSR count). The molecule has 3 nitrogen and oxygen atoms in total. The summed E-state index contributed by atoms with van der Waals surface area (Å²) >= 11 is 0. The fourth-order valence-electron chi connectivity index (χ4n) is 8.50. The molecule has 3 heteroatoms. The van der Waals surface area contributed by atoms with E-state index < -0.39 is 0 Å². The van der Waals surface area contributed by atoms with Crippen LogP contribution in [0.3, 0.4) is 0 Å². The molecule has 55 heavy (non-hydrogen) atoms. The van der Waals surface area contributed by atoms with Gasteiger partial charge in [0, 0.05) is 16.7 Å². The maximum Gasteiger partial charge on any atom is 0.164 e. The van der Waals surface area contributed by atoms with Gasteiger partial charge >= 0.3 is 0 Å². The lowest BCUT2D eigenvalue weighted by atomic mass is 9.91. The smallest absolute Gasteiger partial charge is 0.164 e. The van der Waals surface area contributed by atoms with Crippen LogP contribution in [0.4, 0.5) is 0 Å². The minimum absolute atomic E-state index is 0.662. The molecule has 256 valence electrons. The summed E-state index contributed by atoms with van der Waals surface area (Å²) in [6, 6.07) is 67.2. The Labute approximate surface area is 319 Å². The van der Waals surface area contributed by atoms with Crippen molar-refractivity contribution in [2.45, 2.75) is 6.42 Å². The zero-order chi connectivity index (χ0) is 36.3. The van der Waals surface area contributed by atoms with Crippen molar-refractivity contribution in [3.05, 3.63) is 199 Å². The van der Waals surface area contributed by atoms with Gasteiger partial charge in [-0.05, 0) is 95.4 Å². The van der Waals surface area contributed by atoms with Gasteiger partial charge in [-0.25, -0.2) is 15.0 Å². The fraction of sp³-hybridized carbons (Fsp3) is 0.0192. The molecular weight excluding hydrogens is 667 g/mol. The van der Waals surface area contributed by atoms with Crippen LogP contribution in [-0.4, -0.2) is 15.0 Å². The highest BCUT2D eigenvalue weighted by molar-refractivity contribution is 6.25. The second-order valence-electron chi connectivity index (χ2n) is 14.4. The summed E-state index contributed by atoms with van der Waals surface area (Å²) in [6.07, 6.45) is 0.867. The van der Waals surface area contributed by atoms with Gasteiger partial charge in [-0.1, -0.05) is 176 Å². The van der Waals surface area contributed by atoms with Crippen LogP contribution >= 0.6 is 0 Å². The van der Waals surface area contributed by atoms with E-state index in [9.17, 15) is 0 Å². The van der Waals surface area contributed by atoms with Crippen LogP contribution in [0.15, 0.2) is 188 Å². The molecule has 10 aromatic rings. The normalized spacial score (nSPS) is 11.9. The summed E-state index contributed by atoms with van der Waals surface area (Å²) in [7, 11) is 0.